The lowest BCUT2D eigenvalue weighted by Crippen LogP contribution is -2.41. The summed E-state index contributed by atoms with van der Waals surface area (Å²) in [5, 5.41) is 12.3. The third-order valence-electron chi connectivity index (χ3n) is 3.85. The highest BCUT2D eigenvalue weighted by Crippen LogP contribution is 2.17. The number of aliphatic hydroxyl groups excluding tert-OH is 1. The number of hydrogen-bond acceptors (Lipinski definition) is 2. The summed E-state index contributed by atoms with van der Waals surface area (Å²) in [7, 11) is 0. The first-order valence-corrected chi connectivity index (χ1v) is 7.53. The normalized spacial score (nSPS) is 17.1. The van der Waals surface area contributed by atoms with Gasteiger partial charge in [0.15, 0.2) is 5.96 Å². The van der Waals surface area contributed by atoms with Crippen molar-refractivity contribution in [1.29, 1.82) is 0 Å². The van der Waals surface area contributed by atoms with E-state index < -0.39 is 0 Å². The molecule has 0 unspecified atom stereocenters. The van der Waals surface area contributed by atoms with Gasteiger partial charge in [-0.1, -0.05) is 43.5 Å². The number of benzene rings is 1. The molecule has 0 bridgehead atoms. The fourth-order valence-corrected chi connectivity index (χ4v) is 2.62. The third kappa shape index (κ3) is 4.85. The summed E-state index contributed by atoms with van der Waals surface area (Å²) in [5.74, 6) is 0.573. The van der Waals surface area contributed by atoms with Crippen molar-refractivity contribution in [3.05, 3.63) is 35.4 Å². The van der Waals surface area contributed by atoms with E-state index in [1.165, 1.54) is 37.7 Å². The first-order valence-electron chi connectivity index (χ1n) is 7.53. The molecule has 4 nitrogen and oxygen atoms in total. The molecule has 0 heterocycles. The van der Waals surface area contributed by atoms with Crippen LogP contribution in [-0.4, -0.2) is 23.7 Å². The van der Waals surface area contributed by atoms with Gasteiger partial charge in [0.25, 0.3) is 0 Å². The van der Waals surface area contributed by atoms with Crippen molar-refractivity contribution in [2.24, 2.45) is 10.7 Å². The van der Waals surface area contributed by atoms with Crippen molar-refractivity contribution in [3.63, 3.8) is 0 Å². The molecule has 4 N–H and O–H groups in total. The van der Waals surface area contributed by atoms with Crippen LogP contribution in [0.25, 0.3) is 0 Å². The largest absolute Gasteiger partial charge is 0.392 e. The fourth-order valence-electron chi connectivity index (χ4n) is 2.62. The van der Waals surface area contributed by atoms with E-state index in [2.05, 4.69) is 10.3 Å². The molecule has 0 aliphatic heterocycles. The highest BCUT2D eigenvalue weighted by atomic mass is 16.3. The van der Waals surface area contributed by atoms with E-state index in [1.807, 2.05) is 24.3 Å². The third-order valence-corrected chi connectivity index (χ3v) is 3.85. The number of hydrogen-bond donors (Lipinski definition) is 3. The molecular formula is C16H25N3O. The lowest BCUT2D eigenvalue weighted by molar-refractivity contribution is 0.282. The second-order valence-corrected chi connectivity index (χ2v) is 5.47. The molecule has 0 amide bonds. The molecule has 0 radical (unpaired) electrons. The van der Waals surface area contributed by atoms with Crippen LogP contribution in [0.4, 0.5) is 0 Å². The van der Waals surface area contributed by atoms with Crippen LogP contribution in [0.3, 0.4) is 0 Å². The highest BCUT2D eigenvalue weighted by Gasteiger charge is 2.12. The van der Waals surface area contributed by atoms with Crippen LogP contribution in [0.1, 0.15) is 43.2 Å². The van der Waals surface area contributed by atoms with E-state index in [4.69, 9.17) is 10.8 Å². The van der Waals surface area contributed by atoms with Gasteiger partial charge >= 0.3 is 0 Å². The molecule has 1 fully saturated rings. The van der Waals surface area contributed by atoms with Crippen molar-refractivity contribution in [1.82, 2.24) is 5.32 Å². The van der Waals surface area contributed by atoms with Crippen molar-refractivity contribution >= 4 is 5.96 Å². The summed E-state index contributed by atoms with van der Waals surface area (Å²) in [6, 6.07) is 8.47. The number of nitrogens with one attached hydrogen (secondary N) is 1. The van der Waals surface area contributed by atoms with Crippen LogP contribution >= 0.6 is 0 Å². The quantitative estimate of drug-likeness (QED) is 0.568. The van der Waals surface area contributed by atoms with Gasteiger partial charge in [0.05, 0.1) is 6.61 Å². The summed E-state index contributed by atoms with van der Waals surface area (Å²) >= 11 is 0. The maximum absolute atomic E-state index is 8.99. The van der Waals surface area contributed by atoms with Gasteiger partial charge in [-0.25, -0.2) is 0 Å². The Morgan fingerprint density at radius 3 is 2.45 bits per heavy atom. The van der Waals surface area contributed by atoms with Crippen LogP contribution in [-0.2, 0) is 13.0 Å². The molecule has 1 aliphatic rings. The van der Waals surface area contributed by atoms with E-state index in [0.29, 0.717) is 18.5 Å². The van der Waals surface area contributed by atoms with Crippen LogP contribution in [0.15, 0.2) is 29.3 Å². The summed E-state index contributed by atoms with van der Waals surface area (Å²) in [4.78, 5) is 4.39. The van der Waals surface area contributed by atoms with Gasteiger partial charge in [0.2, 0.25) is 0 Å². The Morgan fingerprint density at radius 1 is 1.15 bits per heavy atom. The molecule has 0 aromatic heterocycles. The lowest BCUT2D eigenvalue weighted by atomic mass is 9.96. The SMILES string of the molecule is NC(=NCCc1ccc(CO)cc1)NC1CCCCC1. The van der Waals surface area contributed by atoms with Gasteiger partial charge in [0.1, 0.15) is 0 Å². The standard InChI is InChI=1S/C16H25N3O/c17-16(19-15-4-2-1-3-5-15)18-11-10-13-6-8-14(12-20)9-7-13/h6-9,15,20H,1-5,10-12H2,(H3,17,18,19). The summed E-state index contributed by atoms with van der Waals surface area (Å²) in [5.41, 5.74) is 8.08. The molecule has 0 atom stereocenters. The minimum Gasteiger partial charge on any atom is -0.392 e. The average Bonchev–Trinajstić information content (AvgIpc) is 2.49. The minimum atomic E-state index is 0.0939. The summed E-state index contributed by atoms with van der Waals surface area (Å²) in [6.07, 6.45) is 7.22. The number of nitrogens with zero attached hydrogens (tertiary/aromatic N) is 1. The van der Waals surface area contributed by atoms with E-state index >= 15 is 0 Å². The predicted octanol–water partition coefficient (Wildman–Crippen LogP) is 1.96. The zero-order chi connectivity index (χ0) is 14.2. The average molecular weight is 275 g/mol. The number of rotatable bonds is 5. The van der Waals surface area contributed by atoms with Gasteiger partial charge in [-0.2, -0.15) is 0 Å². The van der Waals surface area contributed by atoms with Gasteiger partial charge < -0.3 is 16.2 Å². The molecule has 1 saturated carbocycles. The fraction of sp³-hybridized carbons (Fsp3) is 0.562. The van der Waals surface area contributed by atoms with Crippen molar-refractivity contribution in [2.75, 3.05) is 6.54 Å². The predicted molar refractivity (Wildman–Crippen MR) is 82.6 cm³/mol. The van der Waals surface area contributed by atoms with E-state index in [9.17, 15) is 0 Å². The van der Waals surface area contributed by atoms with Gasteiger partial charge in [0, 0.05) is 12.6 Å². The van der Waals surface area contributed by atoms with Gasteiger partial charge in [-0.15, -0.1) is 0 Å². The molecule has 0 spiro atoms. The molecule has 1 aromatic rings. The van der Waals surface area contributed by atoms with E-state index in [1.54, 1.807) is 0 Å². The molecular weight excluding hydrogens is 250 g/mol. The lowest BCUT2D eigenvalue weighted by Gasteiger charge is -2.23. The molecule has 110 valence electrons. The van der Waals surface area contributed by atoms with E-state index in [-0.39, 0.29) is 6.61 Å². The Kier molecular flexibility index (Phi) is 5.87. The van der Waals surface area contributed by atoms with E-state index in [0.717, 1.165) is 12.0 Å². The first kappa shape index (κ1) is 14.9. The van der Waals surface area contributed by atoms with Crippen molar-refractivity contribution in [2.45, 2.75) is 51.2 Å². The Labute approximate surface area is 121 Å². The van der Waals surface area contributed by atoms with Gasteiger partial charge in [-0.3, -0.25) is 4.99 Å². The molecule has 0 saturated heterocycles. The zero-order valence-electron chi connectivity index (χ0n) is 12.0. The second-order valence-electron chi connectivity index (χ2n) is 5.47. The molecule has 2 rings (SSSR count). The van der Waals surface area contributed by atoms with Crippen LogP contribution in [0.2, 0.25) is 0 Å². The van der Waals surface area contributed by atoms with Crippen LogP contribution in [0, 0.1) is 0 Å². The van der Waals surface area contributed by atoms with Crippen LogP contribution < -0.4 is 11.1 Å². The Morgan fingerprint density at radius 2 is 1.80 bits per heavy atom. The Balaban J connectivity index is 1.73. The minimum absolute atomic E-state index is 0.0939. The Hall–Kier alpha value is -1.55. The topological polar surface area (TPSA) is 70.6 Å². The summed E-state index contributed by atoms with van der Waals surface area (Å²) < 4.78 is 0. The van der Waals surface area contributed by atoms with Gasteiger partial charge in [-0.05, 0) is 30.4 Å². The Bertz CT molecular complexity index is 422. The highest BCUT2D eigenvalue weighted by molar-refractivity contribution is 5.78. The summed E-state index contributed by atoms with van der Waals surface area (Å²) in [6.45, 7) is 0.792. The number of nitrogens with two attached hydrogens (primary N) is 1. The molecule has 1 aliphatic carbocycles. The zero-order valence-corrected chi connectivity index (χ0v) is 12.0. The van der Waals surface area contributed by atoms with Crippen molar-refractivity contribution in [3.8, 4) is 0 Å². The maximum Gasteiger partial charge on any atom is 0.188 e. The van der Waals surface area contributed by atoms with Crippen molar-refractivity contribution < 1.29 is 5.11 Å². The first-order chi connectivity index (χ1) is 9.78. The number of aliphatic hydroxyl groups is 1. The smallest absolute Gasteiger partial charge is 0.188 e. The number of guanidine groups is 1. The monoisotopic (exact) mass is 275 g/mol. The molecule has 4 heteroatoms. The van der Waals surface area contributed by atoms with Crippen LogP contribution in [0.5, 0.6) is 0 Å². The maximum atomic E-state index is 8.99. The number of aliphatic imine (C=N–C) groups is 1. The molecule has 1 aromatic carbocycles. The second kappa shape index (κ2) is 7.90. The molecule has 20 heavy (non-hydrogen) atoms.